The van der Waals surface area contributed by atoms with Crippen LogP contribution < -0.4 is 0 Å². The number of methoxy groups -OCH3 is 1. The molecule has 0 amide bonds. The highest BCUT2D eigenvalue weighted by Crippen LogP contribution is 2.37. The van der Waals surface area contributed by atoms with Crippen LogP contribution in [0.25, 0.3) is 0 Å². The summed E-state index contributed by atoms with van der Waals surface area (Å²) in [6.45, 7) is 10.9. The average molecular weight is 346 g/mol. The molecule has 0 aromatic rings. The summed E-state index contributed by atoms with van der Waals surface area (Å²) in [6.07, 6.45) is 0.665. The Bertz CT molecular complexity index is 460. The lowest BCUT2D eigenvalue weighted by Crippen LogP contribution is -2.43. The number of hydrogen-bond donors (Lipinski definition) is 3. The molecule has 1 aliphatic rings. The Labute approximate surface area is 144 Å². The fourth-order valence-electron chi connectivity index (χ4n) is 2.15. The molecule has 0 aliphatic heterocycles. The van der Waals surface area contributed by atoms with Crippen LogP contribution in [-0.2, 0) is 14.3 Å². The van der Waals surface area contributed by atoms with Gasteiger partial charge in [0, 0.05) is 16.6 Å². The van der Waals surface area contributed by atoms with Crippen molar-refractivity contribution in [2.45, 2.75) is 59.0 Å². The van der Waals surface area contributed by atoms with Crippen LogP contribution >= 0.6 is 12.6 Å². The van der Waals surface area contributed by atoms with E-state index >= 15 is 0 Å². The third kappa shape index (κ3) is 5.94. The maximum Gasteiger partial charge on any atom is 0.313 e. The number of ether oxygens (including phenoxy) is 1. The lowest BCUT2D eigenvalue weighted by molar-refractivity contribution is -0.146. The maximum absolute atomic E-state index is 11.3. The summed E-state index contributed by atoms with van der Waals surface area (Å²) in [5, 5.41) is 17.8. The van der Waals surface area contributed by atoms with Gasteiger partial charge in [0.1, 0.15) is 0 Å². The molecule has 6 heteroatoms. The van der Waals surface area contributed by atoms with Gasteiger partial charge in [0.05, 0.1) is 13.0 Å². The number of thiol groups is 1. The normalized spacial score (nSPS) is 22.2. The van der Waals surface area contributed by atoms with E-state index in [1.165, 1.54) is 7.11 Å². The van der Waals surface area contributed by atoms with Crippen molar-refractivity contribution in [3.63, 3.8) is 0 Å². The summed E-state index contributed by atoms with van der Waals surface area (Å²) in [5.74, 6) is -0.313. The van der Waals surface area contributed by atoms with Crippen LogP contribution in [0.5, 0.6) is 0 Å². The second kappa shape index (κ2) is 8.31. The molecule has 0 bridgehead atoms. The smallest absolute Gasteiger partial charge is 0.313 e. The monoisotopic (exact) mass is 346 g/mol. The Morgan fingerprint density at radius 1 is 1.35 bits per heavy atom. The van der Waals surface area contributed by atoms with E-state index in [-0.39, 0.29) is 28.3 Å². The van der Waals surface area contributed by atoms with E-state index in [0.29, 0.717) is 6.42 Å². The number of rotatable bonds is 3. The van der Waals surface area contributed by atoms with Crippen molar-refractivity contribution in [1.29, 1.82) is 0 Å². The van der Waals surface area contributed by atoms with Crippen LogP contribution in [0, 0.1) is 17.3 Å². The molecule has 0 fully saturated rings. The summed E-state index contributed by atoms with van der Waals surface area (Å²) in [4.78, 5) is 22.4. The number of allylic oxidation sites excluding steroid dienone is 1. The van der Waals surface area contributed by atoms with E-state index in [1.54, 1.807) is 26.8 Å². The van der Waals surface area contributed by atoms with Gasteiger partial charge in [-0.2, -0.15) is 12.6 Å². The molecule has 0 saturated heterocycles. The van der Waals surface area contributed by atoms with Crippen LogP contribution in [0.15, 0.2) is 11.6 Å². The van der Waals surface area contributed by atoms with E-state index in [1.807, 2.05) is 20.8 Å². The molecule has 2 N–H and O–H groups in total. The minimum absolute atomic E-state index is 0.0601. The number of carbonyl (C=O) groups excluding carboxylic acids is 2. The van der Waals surface area contributed by atoms with Gasteiger partial charge in [0.25, 0.3) is 0 Å². The van der Waals surface area contributed by atoms with Crippen molar-refractivity contribution < 1.29 is 24.5 Å². The van der Waals surface area contributed by atoms with Crippen molar-refractivity contribution >= 4 is 24.4 Å². The Balaban J connectivity index is 0.000000438. The van der Waals surface area contributed by atoms with Crippen LogP contribution in [0.1, 0.15) is 48.0 Å². The zero-order chi connectivity index (χ0) is 18.6. The van der Waals surface area contributed by atoms with Gasteiger partial charge in [0.2, 0.25) is 0 Å². The summed E-state index contributed by atoms with van der Waals surface area (Å²) in [5.41, 5.74) is 0.228. The number of ketones is 1. The number of hydrogen-bond acceptors (Lipinski definition) is 6. The van der Waals surface area contributed by atoms with E-state index in [0.717, 1.165) is 5.57 Å². The molecule has 1 rings (SSSR count). The Morgan fingerprint density at radius 2 is 1.83 bits per heavy atom. The molecule has 23 heavy (non-hydrogen) atoms. The van der Waals surface area contributed by atoms with Gasteiger partial charge in [0.15, 0.2) is 12.1 Å². The van der Waals surface area contributed by atoms with Gasteiger partial charge in [-0.25, -0.2) is 0 Å². The summed E-state index contributed by atoms with van der Waals surface area (Å²) < 4.78 is 4.29. The molecular formula is C17H30O5S. The molecule has 5 nitrogen and oxygen atoms in total. The molecule has 1 aliphatic carbocycles. The van der Waals surface area contributed by atoms with E-state index in [9.17, 15) is 9.59 Å². The summed E-state index contributed by atoms with van der Waals surface area (Å²) in [6, 6.07) is 0. The first-order chi connectivity index (χ1) is 10.3. The predicted molar refractivity (Wildman–Crippen MR) is 93.1 cm³/mol. The zero-order valence-corrected chi connectivity index (χ0v) is 16.0. The Morgan fingerprint density at radius 3 is 2.09 bits per heavy atom. The molecule has 0 heterocycles. The highest BCUT2D eigenvalue weighted by Gasteiger charge is 2.39. The fourth-order valence-corrected chi connectivity index (χ4v) is 2.26. The van der Waals surface area contributed by atoms with E-state index in [2.05, 4.69) is 17.4 Å². The molecule has 0 radical (unpaired) electrons. The van der Waals surface area contributed by atoms with Gasteiger partial charge in [-0.3, -0.25) is 9.59 Å². The van der Waals surface area contributed by atoms with Gasteiger partial charge >= 0.3 is 5.97 Å². The summed E-state index contributed by atoms with van der Waals surface area (Å²) in [7, 11) is 1.37. The zero-order valence-electron chi connectivity index (χ0n) is 15.1. The quantitative estimate of drug-likeness (QED) is 0.415. The third-order valence-corrected chi connectivity index (χ3v) is 5.23. The first-order valence-corrected chi connectivity index (χ1v) is 8.07. The van der Waals surface area contributed by atoms with Crippen LogP contribution in [0.2, 0.25) is 0 Å². The molecule has 0 saturated carbocycles. The van der Waals surface area contributed by atoms with Crippen molar-refractivity contribution in [3.05, 3.63) is 11.6 Å². The lowest BCUT2D eigenvalue weighted by Gasteiger charge is -2.38. The molecule has 0 aromatic carbocycles. The number of carbonyl (C=O) groups is 2. The van der Waals surface area contributed by atoms with Crippen molar-refractivity contribution in [1.82, 2.24) is 0 Å². The SMILES string of the molecule is CC(C)(S)C(C)(C)C(O)O.COC(=O)C1C(C)=CC(=O)CC1C. The Kier molecular flexibility index (Phi) is 8.00. The third-order valence-electron chi connectivity index (χ3n) is 4.65. The average Bonchev–Trinajstić information content (AvgIpc) is 2.36. The van der Waals surface area contributed by atoms with Gasteiger partial charge < -0.3 is 14.9 Å². The van der Waals surface area contributed by atoms with Crippen LogP contribution in [-0.4, -0.2) is 40.1 Å². The van der Waals surface area contributed by atoms with Crippen molar-refractivity contribution in [3.8, 4) is 0 Å². The van der Waals surface area contributed by atoms with Crippen LogP contribution in [0.4, 0.5) is 0 Å². The number of aliphatic hydroxyl groups excluding tert-OH is 1. The summed E-state index contributed by atoms with van der Waals surface area (Å²) >= 11 is 4.25. The predicted octanol–water partition coefficient (Wildman–Crippen LogP) is 2.36. The number of aliphatic hydroxyl groups is 2. The largest absolute Gasteiger partial charge is 0.469 e. The van der Waals surface area contributed by atoms with E-state index in [4.69, 9.17) is 10.2 Å². The second-order valence-electron chi connectivity index (χ2n) is 7.19. The molecular weight excluding hydrogens is 316 g/mol. The Hall–Kier alpha value is -0.850. The maximum atomic E-state index is 11.3. The highest BCUT2D eigenvalue weighted by atomic mass is 32.1. The van der Waals surface area contributed by atoms with Gasteiger partial charge in [-0.15, -0.1) is 0 Å². The van der Waals surface area contributed by atoms with Gasteiger partial charge in [-0.05, 0) is 18.9 Å². The molecule has 2 unspecified atom stereocenters. The first kappa shape index (κ1) is 22.1. The standard InChI is InChI=1S/C10H14O3.C7H16O2S/c1-6-4-8(11)5-7(2)9(6)10(12)13-3;1-6(2,5(8)9)7(3,4)10/h4,7,9H,5H2,1-3H3;5,8-10H,1-4H3. The second-order valence-corrected chi connectivity index (χ2v) is 8.31. The topological polar surface area (TPSA) is 83.8 Å². The first-order valence-electron chi connectivity index (χ1n) is 7.63. The molecule has 0 aromatic heterocycles. The van der Waals surface area contributed by atoms with E-state index < -0.39 is 11.7 Å². The molecule has 2 atom stereocenters. The minimum Gasteiger partial charge on any atom is -0.469 e. The van der Waals surface area contributed by atoms with Crippen LogP contribution in [0.3, 0.4) is 0 Å². The number of esters is 1. The lowest BCUT2D eigenvalue weighted by atomic mass is 9.80. The van der Waals surface area contributed by atoms with Crippen molar-refractivity contribution in [2.75, 3.05) is 7.11 Å². The molecule has 134 valence electrons. The highest BCUT2D eigenvalue weighted by molar-refractivity contribution is 7.81. The minimum atomic E-state index is -1.32. The van der Waals surface area contributed by atoms with Gasteiger partial charge in [-0.1, -0.05) is 40.2 Å². The molecule has 0 spiro atoms. The van der Waals surface area contributed by atoms with Crippen molar-refractivity contribution in [2.24, 2.45) is 17.3 Å². The fraction of sp³-hybridized carbons (Fsp3) is 0.765.